The number of phenols is 1. The number of rotatable bonds is 12. The Balaban J connectivity index is 1.31. The summed E-state index contributed by atoms with van der Waals surface area (Å²) in [6, 6.07) is 10.3. The minimum Gasteiger partial charge on any atom is -0.506 e. The summed E-state index contributed by atoms with van der Waals surface area (Å²) < 4.78 is 28.4. The van der Waals surface area contributed by atoms with E-state index >= 15 is 0 Å². The zero-order valence-electron chi connectivity index (χ0n) is 21.7. The molecule has 4 rings (SSSR count). The minimum atomic E-state index is -2.67. The van der Waals surface area contributed by atoms with Crippen molar-refractivity contribution < 1.29 is 18.7 Å². The SMILES string of the molecule is NC(CCc1cccc(Cl)c1)CC(=O)N(CCNCCc1ccc(O)c2[nH]c(=O)sc12)C1CCC(F)(F)CC1. The summed E-state index contributed by atoms with van der Waals surface area (Å²) in [5, 5.41) is 14.0. The van der Waals surface area contributed by atoms with Gasteiger partial charge in [0.2, 0.25) is 11.8 Å². The van der Waals surface area contributed by atoms with Crippen LogP contribution in [0.15, 0.2) is 41.2 Å². The molecule has 1 saturated carbocycles. The average Bonchev–Trinajstić information content (AvgIpc) is 3.29. The fourth-order valence-corrected chi connectivity index (χ4v) is 6.26. The first-order valence-corrected chi connectivity index (χ1v) is 14.5. The van der Waals surface area contributed by atoms with E-state index in [9.17, 15) is 23.5 Å². The number of amides is 1. The van der Waals surface area contributed by atoms with Crippen LogP contribution in [-0.2, 0) is 17.6 Å². The molecule has 5 N–H and O–H groups in total. The van der Waals surface area contributed by atoms with Gasteiger partial charge in [0.05, 0.1) is 4.70 Å². The fraction of sp³-hybridized carbons (Fsp3) is 0.500. The van der Waals surface area contributed by atoms with Crippen LogP contribution in [0.5, 0.6) is 5.75 Å². The molecule has 2 aromatic carbocycles. The van der Waals surface area contributed by atoms with Gasteiger partial charge in [-0.25, -0.2) is 8.78 Å². The highest BCUT2D eigenvalue weighted by atomic mass is 35.5. The number of aryl methyl sites for hydroxylation is 1. The third-order valence-electron chi connectivity index (χ3n) is 7.32. The van der Waals surface area contributed by atoms with E-state index in [1.165, 1.54) is 0 Å². The van der Waals surface area contributed by atoms with Crippen molar-refractivity contribution >= 4 is 39.1 Å². The van der Waals surface area contributed by atoms with E-state index in [0.29, 0.717) is 49.4 Å². The number of benzene rings is 2. The number of aromatic nitrogens is 1. The molecular formula is C28H35ClF2N4O3S. The number of thiazole rings is 1. The second-order valence-electron chi connectivity index (χ2n) is 10.3. The second kappa shape index (κ2) is 13.2. The Bertz CT molecular complexity index is 1320. The summed E-state index contributed by atoms with van der Waals surface area (Å²) in [5.41, 5.74) is 8.75. The first-order chi connectivity index (χ1) is 18.6. The van der Waals surface area contributed by atoms with E-state index in [1.807, 2.05) is 24.3 Å². The molecule has 0 aliphatic heterocycles. The number of nitrogens with two attached hydrogens (primary N) is 1. The lowest BCUT2D eigenvalue weighted by molar-refractivity contribution is -0.137. The number of halogens is 3. The molecule has 3 aromatic rings. The average molecular weight is 581 g/mol. The number of nitrogens with zero attached hydrogens (tertiary/aromatic N) is 1. The van der Waals surface area contributed by atoms with Crippen molar-refractivity contribution in [1.82, 2.24) is 15.2 Å². The lowest BCUT2D eigenvalue weighted by Gasteiger charge is -2.37. The molecule has 39 heavy (non-hydrogen) atoms. The van der Waals surface area contributed by atoms with Gasteiger partial charge >= 0.3 is 4.87 Å². The van der Waals surface area contributed by atoms with Crippen molar-refractivity contribution in [1.29, 1.82) is 0 Å². The van der Waals surface area contributed by atoms with Gasteiger partial charge in [0, 0.05) is 49.5 Å². The van der Waals surface area contributed by atoms with Gasteiger partial charge in [0.1, 0.15) is 11.3 Å². The maximum atomic E-state index is 13.8. The zero-order valence-corrected chi connectivity index (χ0v) is 23.3. The van der Waals surface area contributed by atoms with Crippen LogP contribution in [-0.4, -0.2) is 58.5 Å². The number of nitrogens with one attached hydrogen (secondary N) is 2. The molecule has 1 aliphatic rings. The van der Waals surface area contributed by atoms with Crippen LogP contribution < -0.4 is 15.9 Å². The van der Waals surface area contributed by atoms with Crippen molar-refractivity contribution in [3.05, 3.63) is 62.2 Å². The smallest absolute Gasteiger partial charge is 0.305 e. The van der Waals surface area contributed by atoms with Crippen LogP contribution in [0.4, 0.5) is 8.78 Å². The molecule has 1 aliphatic carbocycles. The van der Waals surface area contributed by atoms with Gasteiger partial charge < -0.3 is 26.0 Å². The molecule has 11 heteroatoms. The third-order valence-corrected chi connectivity index (χ3v) is 8.51. The first-order valence-electron chi connectivity index (χ1n) is 13.3. The van der Waals surface area contributed by atoms with Crippen molar-refractivity contribution in [3.8, 4) is 5.75 Å². The Kier molecular flexibility index (Phi) is 9.98. The molecular weight excluding hydrogens is 546 g/mol. The van der Waals surface area contributed by atoms with E-state index in [-0.39, 0.29) is 60.7 Å². The number of alkyl halides is 2. The summed E-state index contributed by atoms with van der Waals surface area (Å²) in [7, 11) is 0. The Hall–Kier alpha value is -2.53. The lowest BCUT2D eigenvalue weighted by Crippen LogP contribution is -2.48. The highest BCUT2D eigenvalue weighted by Crippen LogP contribution is 2.35. The molecule has 1 amide bonds. The van der Waals surface area contributed by atoms with E-state index in [0.717, 1.165) is 27.2 Å². The quantitative estimate of drug-likeness (QED) is 0.229. The van der Waals surface area contributed by atoms with E-state index in [4.69, 9.17) is 17.3 Å². The standard InChI is InChI=1S/C28H35ClF2N4O3S/c29-20-3-1-2-18(16-20)4-6-21(32)17-24(37)35(22-8-11-28(30,31)12-9-22)15-14-33-13-10-19-5-7-23(36)25-26(19)39-27(38)34-25/h1-3,5,7,16,21-22,33,36H,4,6,8-15,17,32H2,(H,34,38). The molecule has 0 radical (unpaired) electrons. The second-order valence-corrected chi connectivity index (χ2v) is 11.7. The van der Waals surface area contributed by atoms with Crippen molar-refractivity contribution in [2.45, 2.75) is 69.4 Å². The molecule has 1 heterocycles. The van der Waals surface area contributed by atoms with Gasteiger partial charge in [-0.1, -0.05) is 41.1 Å². The van der Waals surface area contributed by atoms with Gasteiger partial charge in [-0.3, -0.25) is 9.59 Å². The van der Waals surface area contributed by atoms with E-state index in [2.05, 4.69) is 10.3 Å². The Morgan fingerprint density at radius 2 is 2.00 bits per heavy atom. The van der Waals surface area contributed by atoms with Gasteiger partial charge in [0.25, 0.3) is 0 Å². The number of carbonyl (C=O) groups excluding carboxylic acids is 1. The van der Waals surface area contributed by atoms with Gasteiger partial charge in [-0.15, -0.1) is 0 Å². The number of hydrogen-bond acceptors (Lipinski definition) is 6. The third kappa shape index (κ3) is 8.23. The summed E-state index contributed by atoms with van der Waals surface area (Å²) in [5.74, 6) is -2.74. The van der Waals surface area contributed by atoms with Crippen molar-refractivity contribution in [2.75, 3.05) is 19.6 Å². The van der Waals surface area contributed by atoms with Crippen LogP contribution in [0.2, 0.25) is 5.02 Å². The first kappa shape index (κ1) is 29.5. The summed E-state index contributed by atoms with van der Waals surface area (Å²) >= 11 is 7.12. The summed E-state index contributed by atoms with van der Waals surface area (Å²) in [6.45, 7) is 1.50. The summed E-state index contributed by atoms with van der Waals surface area (Å²) in [4.78, 5) is 29.2. The van der Waals surface area contributed by atoms with Crippen LogP contribution in [0, 0.1) is 0 Å². The van der Waals surface area contributed by atoms with Crippen molar-refractivity contribution in [2.24, 2.45) is 5.73 Å². The van der Waals surface area contributed by atoms with Crippen LogP contribution >= 0.6 is 22.9 Å². The monoisotopic (exact) mass is 580 g/mol. The number of carbonyl (C=O) groups is 1. The lowest BCUT2D eigenvalue weighted by atomic mass is 9.90. The van der Waals surface area contributed by atoms with Crippen LogP contribution in [0.25, 0.3) is 10.2 Å². The molecule has 1 aromatic heterocycles. The van der Waals surface area contributed by atoms with Gasteiger partial charge in [-0.05, 0) is 68.0 Å². The highest BCUT2D eigenvalue weighted by Gasteiger charge is 2.38. The normalized spacial score (nSPS) is 16.4. The van der Waals surface area contributed by atoms with Gasteiger partial charge in [0.15, 0.2) is 0 Å². The number of fused-ring (bicyclic) bond motifs is 1. The fourth-order valence-electron chi connectivity index (χ4n) is 5.15. The predicted octanol–water partition coefficient (Wildman–Crippen LogP) is 4.84. The van der Waals surface area contributed by atoms with E-state index in [1.54, 1.807) is 17.0 Å². The molecule has 1 unspecified atom stereocenters. The molecule has 7 nitrogen and oxygen atoms in total. The Labute approximate surface area is 235 Å². The summed E-state index contributed by atoms with van der Waals surface area (Å²) in [6.07, 6.45) is 2.22. The maximum absolute atomic E-state index is 13.8. The van der Waals surface area contributed by atoms with Gasteiger partial charge in [-0.2, -0.15) is 0 Å². The number of aromatic hydroxyl groups is 1. The molecule has 1 fully saturated rings. The largest absolute Gasteiger partial charge is 0.506 e. The molecule has 0 bridgehead atoms. The molecule has 0 saturated heterocycles. The van der Waals surface area contributed by atoms with Crippen LogP contribution in [0.1, 0.15) is 49.7 Å². The minimum absolute atomic E-state index is 0.0399. The maximum Gasteiger partial charge on any atom is 0.305 e. The number of phenolic OH excluding ortho intramolecular Hbond substituents is 1. The predicted molar refractivity (Wildman–Crippen MR) is 152 cm³/mol. The topological polar surface area (TPSA) is 111 Å². The Morgan fingerprint density at radius 1 is 1.23 bits per heavy atom. The number of H-pyrrole nitrogens is 1. The molecule has 0 spiro atoms. The van der Waals surface area contributed by atoms with Crippen molar-refractivity contribution in [3.63, 3.8) is 0 Å². The number of aromatic amines is 1. The number of hydrogen-bond donors (Lipinski definition) is 4. The zero-order chi connectivity index (χ0) is 28.0. The molecule has 1 atom stereocenters. The van der Waals surface area contributed by atoms with E-state index < -0.39 is 5.92 Å². The molecule has 212 valence electrons. The Morgan fingerprint density at radius 3 is 2.74 bits per heavy atom. The van der Waals surface area contributed by atoms with Crippen LogP contribution in [0.3, 0.4) is 0 Å². The highest BCUT2D eigenvalue weighted by molar-refractivity contribution is 7.16.